The quantitative estimate of drug-likeness (QED) is 0.801. The Bertz CT molecular complexity index is 626. The van der Waals surface area contributed by atoms with Gasteiger partial charge in [-0.1, -0.05) is 0 Å². The van der Waals surface area contributed by atoms with Gasteiger partial charge in [-0.25, -0.2) is 4.79 Å². The van der Waals surface area contributed by atoms with E-state index in [-0.39, 0.29) is 17.9 Å². The number of nitrogens with zero attached hydrogens (tertiary/aromatic N) is 4. The van der Waals surface area contributed by atoms with Crippen LogP contribution in [0.25, 0.3) is 0 Å². The first kappa shape index (κ1) is 18.7. The molecule has 0 saturated carbocycles. The SMILES string of the molecule is Cc1cnn(CCC(=O)N2CC[C@@H](CNC(=O)N3CCCC3)[C@H](O)C2)c1. The van der Waals surface area contributed by atoms with Crippen LogP contribution in [0.2, 0.25) is 0 Å². The molecule has 8 heteroatoms. The molecule has 8 nitrogen and oxygen atoms in total. The predicted octanol–water partition coefficient (Wildman–Crippen LogP) is 0.596. The molecule has 2 N–H and O–H groups in total. The Kier molecular flexibility index (Phi) is 6.13. The van der Waals surface area contributed by atoms with E-state index in [0.717, 1.165) is 31.5 Å². The average molecular weight is 363 g/mol. The molecule has 0 bridgehead atoms. The number of aromatic nitrogens is 2. The van der Waals surface area contributed by atoms with Crippen LogP contribution in [-0.2, 0) is 11.3 Å². The number of aliphatic hydroxyl groups is 1. The first-order valence-electron chi connectivity index (χ1n) is 9.50. The molecule has 3 heterocycles. The third kappa shape index (κ3) is 4.75. The summed E-state index contributed by atoms with van der Waals surface area (Å²) >= 11 is 0. The highest BCUT2D eigenvalue weighted by atomic mass is 16.3. The largest absolute Gasteiger partial charge is 0.391 e. The Morgan fingerprint density at radius 3 is 2.69 bits per heavy atom. The number of urea groups is 1. The summed E-state index contributed by atoms with van der Waals surface area (Å²) in [5.74, 6) is 0.0381. The van der Waals surface area contributed by atoms with E-state index >= 15 is 0 Å². The van der Waals surface area contributed by atoms with Gasteiger partial charge in [0.2, 0.25) is 5.91 Å². The van der Waals surface area contributed by atoms with Crippen molar-refractivity contribution in [1.29, 1.82) is 0 Å². The Morgan fingerprint density at radius 1 is 1.27 bits per heavy atom. The highest BCUT2D eigenvalue weighted by molar-refractivity contribution is 5.76. The van der Waals surface area contributed by atoms with Crippen LogP contribution < -0.4 is 5.32 Å². The monoisotopic (exact) mass is 363 g/mol. The molecule has 144 valence electrons. The van der Waals surface area contributed by atoms with E-state index in [9.17, 15) is 14.7 Å². The van der Waals surface area contributed by atoms with E-state index < -0.39 is 6.10 Å². The highest BCUT2D eigenvalue weighted by Crippen LogP contribution is 2.18. The third-order valence-electron chi connectivity index (χ3n) is 5.30. The Balaban J connectivity index is 1.39. The lowest BCUT2D eigenvalue weighted by Gasteiger charge is -2.36. The van der Waals surface area contributed by atoms with E-state index in [1.807, 2.05) is 18.0 Å². The summed E-state index contributed by atoms with van der Waals surface area (Å²) in [7, 11) is 0. The fraction of sp³-hybridized carbons (Fsp3) is 0.722. The number of likely N-dealkylation sites (tertiary alicyclic amines) is 2. The second-order valence-electron chi connectivity index (χ2n) is 7.37. The molecule has 3 rings (SSSR count). The van der Waals surface area contributed by atoms with E-state index in [2.05, 4.69) is 10.4 Å². The molecule has 0 aliphatic carbocycles. The molecule has 0 aromatic carbocycles. The lowest BCUT2D eigenvalue weighted by atomic mass is 9.93. The van der Waals surface area contributed by atoms with Crippen molar-refractivity contribution < 1.29 is 14.7 Å². The van der Waals surface area contributed by atoms with E-state index in [4.69, 9.17) is 0 Å². The van der Waals surface area contributed by atoms with Crippen LogP contribution >= 0.6 is 0 Å². The number of rotatable bonds is 5. The first-order chi connectivity index (χ1) is 12.5. The normalized spacial score (nSPS) is 23.3. The lowest BCUT2D eigenvalue weighted by molar-refractivity contribution is -0.135. The molecule has 26 heavy (non-hydrogen) atoms. The number of amides is 3. The van der Waals surface area contributed by atoms with Crippen LogP contribution in [0, 0.1) is 12.8 Å². The lowest BCUT2D eigenvalue weighted by Crippen LogP contribution is -2.50. The second kappa shape index (κ2) is 8.53. The van der Waals surface area contributed by atoms with Gasteiger partial charge in [-0.15, -0.1) is 0 Å². The maximum Gasteiger partial charge on any atom is 0.317 e. The summed E-state index contributed by atoms with van der Waals surface area (Å²) in [5, 5.41) is 17.5. The summed E-state index contributed by atoms with van der Waals surface area (Å²) < 4.78 is 1.77. The van der Waals surface area contributed by atoms with Crippen LogP contribution in [0.3, 0.4) is 0 Å². The molecule has 1 aromatic heterocycles. The van der Waals surface area contributed by atoms with Crippen LogP contribution in [0.4, 0.5) is 4.79 Å². The van der Waals surface area contributed by atoms with Gasteiger partial charge in [0, 0.05) is 57.8 Å². The number of aryl methyl sites for hydroxylation is 2. The molecule has 2 saturated heterocycles. The minimum atomic E-state index is -0.599. The topological polar surface area (TPSA) is 90.7 Å². The average Bonchev–Trinajstić information content (AvgIpc) is 3.30. The molecular weight excluding hydrogens is 334 g/mol. The molecule has 2 aliphatic heterocycles. The summed E-state index contributed by atoms with van der Waals surface area (Å²) in [5.41, 5.74) is 1.07. The zero-order chi connectivity index (χ0) is 18.5. The number of nitrogens with one attached hydrogen (secondary N) is 1. The van der Waals surface area contributed by atoms with E-state index in [0.29, 0.717) is 39.0 Å². The summed E-state index contributed by atoms with van der Waals surface area (Å²) in [4.78, 5) is 28.0. The molecule has 0 radical (unpaired) electrons. The van der Waals surface area contributed by atoms with Gasteiger partial charge in [-0.05, 0) is 31.7 Å². The van der Waals surface area contributed by atoms with Gasteiger partial charge in [0.1, 0.15) is 0 Å². The zero-order valence-electron chi connectivity index (χ0n) is 15.4. The van der Waals surface area contributed by atoms with Gasteiger partial charge in [-0.2, -0.15) is 5.10 Å². The summed E-state index contributed by atoms with van der Waals surface area (Å²) in [6.45, 7) is 5.57. The van der Waals surface area contributed by atoms with Crippen molar-refractivity contribution in [2.75, 3.05) is 32.7 Å². The van der Waals surface area contributed by atoms with Crippen molar-refractivity contribution in [2.45, 2.75) is 45.3 Å². The minimum Gasteiger partial charge on any atom is -0.391 e. The number of hydrogen-bond donors (Lipinski definition) is 2. The van der Waals surface area contributed by atoms with Crippen LogP contribution in [0.15, 0.2) is 12.4 Å². The van der Waals surface area contributed by atoms with Crippen molar-refractivity contribution >= 4 is 11.9 Å². The van der Waals surface area contributed by atoms with Crippen molar-refractivity contribution in [3.63, 3.8) is 0 Å². The maximum atomic E-state index is 12.4. The van der Waals surface area contributed by atoms with Gasteiger partial charge in [0.15, 0.2) is 0 Å². The number of carbonyl (C=O) groups is 2. The van der Waals surface area contributed by atoms with E-state index in [1.165, 1.54) is 0 Å². The Labute approximate surface area is 154 Å². The van der Waals surface area contributed by atoms with Crippen LogP contribution in [0.5, 0.6) is 0 Å². The standard InChI is InChI=1S/C18H29N5O3/c1-14-10-20-23(12-14)9-5-17(25)22-8-4-15(16(24)13-22)11-19-18(26)21-6-2-3-7-21/h10,12,15-16,24H,2-9,11,13H2,1H3,(H,19,26)/t15-,16+/m0/s1. The van der Waals surface area contributed by atoms with Crippen LogP contribution in [-0.4, -0.2) is 75.5 Å². The first-order valence-corrected chi connectivity index (χ1v) is 9.50. The number of β-amino-alcohol motifs (C(OH)–C–C–N with tert-alkyl or cyclic N) is 1. The van der Waals surface area contributed by atoms with Crippen LogP contribution in [0.1, 0.15) is 31.2 Å². The van der Waals surface area contributed by atoms with Gasteiger partial charge < -0.3 is 20.2 Å². The number of carbonyl (C=O) groups excluding carboxylic acids is 2. The van der Waals surface area contributed by atoms with Crippen molar-refractivity contribution in [3.8, 4) is 0 Å². The van der Waals surface area contributed by atoms with Gasteiger partial charge >= 0.3 is 6.03 Å². The number of piperidine rings is 1. The fourth-order valence-electron chi connectivity index (χ4n) is 3.65. The molecule has 2 fully saturated rings. The number of hydrogen-bond acceptors (Lipinski definition) is 4. The van der Waals surface area contributed by atoms with Crippen molar-refractivity contribution in [3.05, 3.63) is 18.0 Å². The fourth-order valence-corrected chi connectivity index (χ4v) is 3.65. The second-order valence-corrected chi connectivity index (χ2v) is 7.37. The smallest absolute Gasteiger partial charge is 0.317 e. The predicted molar refractivity (Wildman–Crippen MR) is 96.5 cm³/mol. The number of aliphatic hydroxyl groups excluding tert-OH is 1. The zero-order valence-corrected chi connectivity index (χ0v) is 15.4. The van der Waals surface area contributed by atoms with Crippen molar-refractivity contribution in [2.24, 2.45) is 5.92 Å². The van der Waals surface area contributed by atoms with Crippen molar-refractivity contribution in [1.82, 2.24) is 24.9 Å². The van der Waals surface area contributed by atoms with E-state index in [1.54, 1.807) is 15.8 Å². The third-order valence-corrected chi connectivity index (χ3v) is 5.30. The Hall–Kier alpha value is -2.09. The highest BCUT2D eigenvalue weighted by Gasteiger charge is 2.30. The maximum absolute atomic E-state index is 12.4. The Morgan fingerprint density at radius 2 is 2.04 bits per heavy atom. The summed E-state index contributed by atoms with van der Waals surface area (Å²) in [6.07, 6.45) is 6.30. The minimum absolute atomic E-state index is 0.000585. The molecule has 1 aromatic rings. The molecule has 2 aliphatic rings. The molecule has 2 atom stereocenters. The van der Waals surface area contributed by atoms with Gasteiger partial charge in [0.25, 0.3) is 0 Å². The molecule has 0 unspecified atom stereocenters. The molecule has 3 amide bonds. The van der Waals surface area contributed by atoms with Gasteiger partial charge in [-0.3, -0.25) is 9.48 Å². The molecule has 0 spiro atoms. The molecular formula is C18H29N5O3. The van der Waals surface area contributed by atoms with Gasteiger partial charge in [0.05, 0.1) is 12.3 Å². The summed E-state index contributed by atoms with van der Waals surface area (Å²) in [6, 6.07) is -0.0391.